The number of nitrogens with one attached hydrogen (secondary N) is 2. The summed E-state index contributed by atoms with van der Waals surface area (Å²) in [7, 11) is 0. The third-order valence-corrected chi connectivity index (χ3v) is 4.54. The maximum atomic E-state index is 13.6. The Hall–Kier alpha value is -3.38. The molecule has 1 atom stereocenters. The lowest BCUT2D eigenvalue weighted by atomic mass is 10.1. The summed E-state index contributed by atoms with van der Waals surface area (Å²) in [4.78, 5) is 24.5. The number of nitrogens with zero attached hydrogens (tertiary/aromatic N) is 1. The highest BCUT2D eigenvalue weighted by Crippen LogP contribution is 2.37. The number of nitriles is 1. The van der Waals surface area contributed by atoms with Gasteiger partial charge < -0.3 is 15.4 Å². The van der Waals surface area contributed by atoms with Crippen molar-refractivity contribution in [3.8, 4) is 6.07 Å². The molecule has 1 fully saturated rings. The molecule has 30 heavy (non-hydrogen) atoms. The van der Waals surface area contributed by atoms with Crippen LogP contribution in [0.15, 0.2) is 42.5 Å². The zero-order chi connectivity index (χ0) is 21.7. The Kier molecular flexibility index (Phi) is 6.37. The summed E-state index contributed by atoms with van der Waals surface area (Å²) in [5.74, 6) is -1.25. The second-order valence-electron chi connectivity index (χ2n) is 6.74. The number of hydrogen-bond donors (Lipinski definition) is 2. The van der Waals surface area contributed by atoms with Crippen molar-refractivity contribution < 1.29 is 27.5 Å². The normalized spacial score (nSPS) is 16.0. The fraction of sp³-hybridized carbons (Fsp3) is 0.286. The van der Waals surface area contributed by atoms with Crippen LogP contribution in [0.25, 0.3) is 0 Å². The molecule has 0 bridgehead atoms. The Morgan fingerprint density at radius 2 is 1.97 bits per heavy atom. The number of benzene rings is 2. The number of alkyl halides is 3. The third kappa shape index (κ3) is 5.15. The van der Waals surface area contributed by atoms with E-state index in [-0.39, 0.29) is 17.7 Å². The van der Waals surface area contributed by atoms with Crippen LogP contribution >= 0.6 is 0 Å². The van der Waals surface area contributed by atoms with E-state index in [4.69, 9.17) is 10.00 Å². The van der Waals surface area contributed by atoms with Crippen LogP contribution in [0, 0.1) is 11.3 Å². The molecule has 0 aliphatic carbocycles. The monoisotopic (exact) mass is 417 g/mol. The summed E-state index contributed by atoms with van der Waals surface area (Å²) in [6.45, 7) is 0.437. The fourth-order valence-electron chi connectivity index (χ4n) is 3.08. The second-order valence-corrected chi connectivity index (χ2v) is 6.74. The summed E-state index contributed by atoms with van der Waals surface area (Å²) in [5, 5.41) is 13.4. The minimum Gasteiger partial charge on any atom is -0.368 e. The molecular weight excluding hydrogens is 399 g/mol. The number of hydrogen-bond acceptors (Lipinski definition) is 4. The van der Waals surface area contributed by atoms with Gasteiger partial charge in [-0.3, -0.25) is 9.59 Å². The smallest absolute Gasteiger partial charge is 0.368 e. The van der Waals surface area contributed by atoms with Crippen LogP contribution in [0.3, 0.4) is 0 Å². The molecule has 156 valence electrons. The van der Waals surface area contributed by atoms with E-state index in [0.29, 0.717) is 25.0 Å². The van der Waals surface area contributed by atoms with Crippen molar-refractivity contribution in [2.45, 2.75) is 31.5 Å². The van der Waals surface area contributed by atoms with E-state index in [1.54, 1.807) is 12.1 Å². The van der Waals surface area contributed by atoms with Gasteiger partial charge in [-0.15, -0.1) is 0 Å². The Bertz CT molecular complexity index is 993. The highest BCUT2D eigenvalue weighted by Gasteiger charge is 2.35. The maximum absolute atomic E-state index is 13.6. The zero-order valence-electron chi connectivity index (χ0n) is 15.8. The summed E-state index contributed by atoms with van der Waals surface area (Å²) in [5.41, 5.74) is -0.862. The molecule has 0 radical (unpaired) electrons. The van der Waals surface area contributed by atoms with Gasteiger partial charge in [0.2, 0.25) is 0 Å². The average molecular weight is 417 g/mol. The number of carbonyl (C=O) groups is 2. The van der Waals surface area contributed by atoms with Gasteiger partial charge in [0.05, 0.1) is 23.7 Å². The molecule has 2 aromatic carbocycles. The summed E-state index contributed by atoms with van der Waals surface area (Å²) in [6, 6.07) is 11.2. The standard InChI is InChI=1S/C21H18F3N3O3/c22-21(23,24)16-12-15(26-20(29)18-5-2-10-30-18)6-7-17(16)27-19(28)14-4-1-3-13(11-14)8-9-25/h1,3-4,6-7,11-12,18H,2,5,8,10H2,(H,26,29)(H,27,28). The molecule has 2 N–H and O–H groups in total. The van der Waals surface area contributed by atoms with Crippen LogP contribution in [0.5, 0.6) is 0 Å². The lowest BCUT2D eigenvalue weighted by Gasteiger charge is -2.17. The minimum atomic E-state index is -4.75. The van der Waals surface area contributed by atoms with E-state index in [2.05, 4.69) is 10.6 Å². The Balaban J connectivity index is 1.82. The van der Waals surface area contributed by atoms with Gasteiger partial charge in [0, 0.05) is 17.9 Å². The van der Waals surface area contributed by atoms with E-state index in [9.17, 15) is 22.8 Å². The molecular formula is C21H18F3N3O3. The Labute approximate surface area is 170 Å². The van der Waals surface area contributed by atoms with Gasteiger partial charge in [0.25, 0.3) is 11.8 Å². The largest absolute Gasteiger partial charge is 0.418 e. The Morgan fingerprint density at radius 1 is 1.17 bits per heavy atom. The molecule has 1 aliphatic rings. The first-order valence-electron chi connectivity index (χ1n) is 9.19. The predicted molar refractivity (Wildman–Crippen MR) is 103 cm³/mol. The van der Waals surface area contributed by atoms with Gasteiger partial charge in [-0.25, -0.2) is 0 Å². The van der Waals surface area contributed by atoms with Crippen molar-refractivity contribution in [1.29, 1.82) is 5.26 Å². The second kappa shape index (κ2) is 8.97. The van der Waals surface area contributed by atoms with Gasteiger partial charge in [0.15, 0.2) is 0 Å². The molecule has 6 nitrogen and oxygen atoms in total. The first-order valence-corrected chi connectivity index (χ1v) is 9.19. The molecule has 2 aromatic rings. The van der Waals surface area contributed by atoms with Crippen LogP contribution in [0.4, 0.5) is 24.5 Å². The molecule has 1 aliphatic heterocycles. The van der Waals surface area contributed by atoms with E-state index in [0.717, 1.165) is 12.1 Å². The lowest BCUT2D eigenvalue weighted by Crippen LogP contribution is -2.27. The molecule has 3 rings (SSSR count). The number of anilines is 2. The van der Waals surface area contributed by atoms with Gasteiger partial charge >= 0.3 is 6.18 Å². The van der Waals surface area contributed by atoms with Crippen molar-refractivity contribution >= 4 is 23.2 Å². The van der Waals surface area contributed by atoms with Crippen LogP contribution in [-0.4, -0.2) is 24.5 Å². The number of amides is 2. The average Bonchev–Trinajstić information content (AvgIpc) is 3.24. The van der Waals surface area contributed by atoms with Crippen LogP contribution in [0.1, 0.15) is 34.3 Å². The number of halogens is 3. The van der Waals surface area contributed by atoms with Crippen molar-refractivity contribution in [2.24, 2.45) is 0 Å². The van der Waals surface area contributed by atoms with E-state index in [1.807, 2.05) is 6.07 Å². The third-order valence-electron chi connectivity index (χ3n) is 4.54. The topological polar surface area (TPSA) is 91.2 Å². The number of ether oxygens (including phenoxy) is 1. The van der Waals surface area contributed by atoms with E-state index >= 15 is 0 Å². The van der Waals surface area contributed by atoms with E-state index in [1.165, 1.54) is 18.2 Å². The maximum Gasteiger partial charge on any atom is 0.418 e. The lowest BCUT2D eigenvalue weighted by molar-refractivity contribution is -0.137. The zero-order valence-corrected chi connectivity index (χ0v) is 15.8. The van der Waals surface area contributed by atoms with Gasteiger partial charge in [-0.05, 0) is 48.7 Å². The highest BCUT2D eigenvalue weighted by molar-refractivity contribution is 6.05. The molecule has 1 heterocycles. The number of rotatable bonds is 5. The van der Waals surface area contributed by atoms with Crippen molar-refractivity contribution in [3.63, 3.8) is 0 Å². The summed E-state index contributed by atoms with van der Waals surface area (Å²) in [6.07, 6.45) is -4.13. The molecule has 1 unspecified atom stereocenters. The van der Waals surface area contributed by atoms with Crippen molar-refractivity contribution in [1.82, 2.24) is 0 Å². The molecule has 0 spiro atoms. The first-order chi connectivity index (χ1) is 14.3. The molecule has 9 heteroatoms. The van der Waals surface area contributed by atoms with Gasteiger partial charge in [-0.1, -0.05) is 12.1 Å². The summed E-state index contributed by atoms with van der Waals surface area (Å²) >= 11 is 0. The fourth-order valence-corrected chi connectivity index (χ4v) is 3.08. The van der Waals surface area contributed by atoms with E-state index < -0.39 is 35.3 Å². The summed E-state index contributed by atoms with van der Waals surface area (Å²) < 4.78 is 45.9. The quantitative estimate of drug-likeness (QED) is 0.765. The van der Waals surface area contributed by atoms with Gasteiger partial charge in [0.1, 0.15) is 6.10 Å². The van der Waals surface area contributed by atoms with Crippen LogP contribution in [0.2, 0.25) is 0 Å². The first kappa shape index (κ1) is 21.3. The van der Waals surface area contributed by atoms with Crippen LogP contribution < -0.4 is 10.6 Å². The van der Waals surface area contributed by atoms with Crippen LogP contribution in [-0.2, 0) is 22.1 Å². The van der Waals surface area contributed by atoms with Crippen molar-refractivity contribution in [3.05, 3.63) is 59.2 Å². The Morgan fingerprint density at radius 3 is 2.63 bits per heavy atom. The molecule has 0 saturated carbocycles. The minimum absolute atomic E-state index is 0.0446. The van der Waals surface area contributed by atoms with Crippen molar-refractivity contribution in [2.75, 3.05) is 17.2 Å². The molecule has 0 aromatic heterocycles. The molecule has 2 amide bonds. The number of carbonyl (C=O) groups excluding carboxylic acids is 2. The predicted octanol–water partition coefficient (Wildman–Crippen LogP) is 4.14. The molecule has 1 saturated heterocycles. The SMILES string of the molecule is N#CCc1cccc(C(=O)Nc2ccc(NC(=O)C3CCCO3)cc2C(F)(F)F)c1. The highest BCUT2D eigenvalue weighted by atomic mass is 19.4. The van der Waals surface area contributed by atoms with Gasteiger partial charge in [-0.2, -0.15) is 18.4 Å².